The Morgan fingerprint density at radius 3 is 2.83 bits per heavy atom. The summed E-state index contributed by atoms with van der Waals surface area (Å²) in [7, 11) is 0. The molecule has 1 fully saturated rings. The van der Waals surface area contributed by atoms with E-state index in [0.29, 0.717) is 27.9 Å². The van der Waals surface area contributed by atoms with Crippen LogP contribution in [0.25, 0.3) is 16.9 Å². The fourth-order valence-corrected chi connectivity index (χ4v) is 3.52. The Bertz CT molecular complexity index is 1090. The zero-order valence-electron chi connectivity index (χ0n) is 15.8. The van der Waals surface area contributed by atoms with Crippen LogP contribution in [-0.4, -0.2) is 54.7 Å². The number of anilines is 1. The van der Waals surface area contributed by atoms with Crippen molar-refractivity contribution >= 4 is 23.5 Å². The van der Waals surface area contributed by atoms with E-state index in [2.05, 4.69) is 25.4 Å². The van der Waals surface area contributed by atoms with Crippen LogP contribution >= 0.6 is 11.6 Å². The summed E-state index contributed by atoms with van der Waals surface area (Å²) in [6, 6.07) is 3.40. The molecule has 1 saturated heterocycles. The number of carbonyl (C=O) groups is 1. The highest BCUT2D eigenvalue weighted by Crippen LogP contribution is 2.27. The van der Waals surface area contributed by atoms with E-state index in [1.807, 2.05) is 4.90 Å². The summed E-state index contributed by atoms with van der Waals surface area (Å²) in [4.78, 5) is 36.2. The number of H-pyrrole nitrogens is 1. The van der Waals surface area contributed by atoms with Crippen molar-refractivity contribution < 1.29 is 4.79 Å². The number of pyridine rings is 1. The molecule has 0 saturated carbocycles. The molecule has 3 aromatic rings. The summed E-state index contributed by atoms with van der Waals surface area (Å²) in [6.07, 6.45) is 8.20. The largest absolute Gasteiger partial charge is 0.351 e. The molecule has 9 nitrogen and oxygen atoms in total. The number of halogens is 1. The lowest BCUT2D eigenvalue weighted by Gasteiger charge is -2.31. The molecule has 2 N–H and O–H groups in total. The summed E-state index contributed by atoms with van der Waals surface area (Å²) >= 11 is 6.32. The van der Waals surface area contributed by atoms with Crippen LogP contribution in [0.15, 0.2) is 41.7 Å². The first-order valence-corrected chi connectivity index (χ1v) is 9.66. The molecular weight excluding hydrogens is 394 g/mol. The average Bonchev–Trinajstić information content (AvgIpc) is 3.20. The molecule has 1 aliphatic rings. The second-order valence-electron chi connectivity index (χ2n) is 6.90. The van der Waals surface area contributed by atoms with E-state index in [9.17, 15) is 9.59 Å². The minimum atomic E-state index is -0.207. The van der Waals surface area contributed by atoms with Gasteiger partial charge in [-0.15, -0.1) is 0 Å². The number of carbonyl (C=O) groups excluding carboxylic acids is 1. The fourth-order valence-electron chi connectivity index (χ4n) is 3.32. The van der Waals surface area contributed by atoms with Gasteiger partial charge in [0.25, 0.3) is 0 Å². The molecule has 0 spiro atoms. The number of nitrogens with one attached hydrogen (secondary N) is 2. The Labute approximate surface area is 171 Å². The van der Waals surface area contributed by atoms with E-state index in [4.69, 9.17) is 11.6 Å². The Hall–Kier alpha value is -3.20. The molecule has 3 aromatic heterocycles. The van der Waals surface area contributed by atoms with Crippen molar-refractivity contribution in [1.29, 1.82) is 0 Å². The quantitative estimate of drug-likeness (QED) is 0.678. The van der Waals surface area contributed by atoms with Gasteiger partial charge in [-0.25, -0.2) is 14.6 Å². The molecule has 0 aliphatic carbocycles. The average molecular weight is 414 g/mol. The Morgan fingerprint density at radius 2 is 2.10 bits per heavy atom. The molecule has 0 aromatic carbocycles. The molecule has 29 heavy (non-hydrogen) atoms. The SMILES string of the molecule is CC(=O)N1CCC(Nc2ncc(Cl)c(-c3cnn(-c4cc[nH]c(=O)c4)c3)n2)CC1. The predicted octanol–water partition coefficient (Wildman–Crippen LogP) is 2.09. The van der Waals surface area contributed by atoms with Gasteiger partial charge in [0.15, 0.2) is 0 Å². The number of piperidine rings is 1. The van der Waals surface area contributed by atoms with Crippen molar-refractivity contribution in [3.8, 4) is 16.9 Å². The minimum Gasteiger partial charge on any atom is -0.351 e. The summed E-state index contributed by atoms with van der Waals surface area (Å²) < 4.78 is 1.59. The minimum absolute atomic E-state index is 0.103. The summed E-state index contributed by atoms with van der Waals surface area (Å²) in [6.45, 7) is 3.03. The van der Waals surface area contributed by atoms with Gasteiger partial charge in [0.1, 0.15) is 0 Å². The highest BCUT2D eigenvalue weighted by molar-refractivity contribution is 6.32. The van der Waals surface area contributed by atoms with Gasteiger partial charge >= 0.3 is 0 Å². The number of amides is 1. The van der Waals surface area contributed by atoms with E-state index < -0.39 is 0 Å². The first-order chi connectivity index (χ1) is 14.0. The third kappa shape index (κ3) is 4.29. The zero-order valence-corrected chi connectivity index (χ0v) is 16.6. The van der Waals surface area contributed by atoms with Crippen LogP contribution in [0.4, 0.5) is 5.95 Å². The molecule has 1 amide bonds. The van der Waals surface area contributed by atoms with Crippen LogP contribution in [0.1, 0.15) is 19.8 Å². The number of hydrogen-bond donors (Lipinski definition) is 2. The van der Waals surface area contributed by atoms with E-state index in [-0.39, 0.29) is 17.5 Å². The molecule has 0 unspecified atom stereocenters. The molecule has 1 aliphatic heterocycles. The monoisotopic (exact) mass is 413 g/mol. The van der Waals surface area contributed by atoms with Crippen molar-refractivity contribution in [2.24, 2.45) is 0 Å². The number of hydrogen-bond acceptors (Lipinski definition) is 6. The number of aromatic amines is 1. The number of likely N-dealkylation sites (tertiary alicyclic amines) is 1. The topological polar surface area (TPSA) is 109 Å². The Balaban J connectivity index is 1.52. The van der Waals surface area contributed by atoms with Crippen LogP contribution in [-0.2, 0) is 4.79 Å². The van der Waals surface area contributed by atoms with E-state index in [1.54, 1.807) is 42.5 Å². The molecule has 4 rings (SSSR count). The van der Waals surface area contributed by atoms with Gasteiger partial charge in [0.2, 0.25) is 17.4 Å². The van der Waals surface area contributed by atoms with Gasteiger partial charge in [0.05, 0.1) is 28.8 Å². The van der Waals surface area contributed by atoms with Crippen LogP contribution in [0.3, 0.4) is 0 Å². The lowest BCUT2D eigenvalue weighted by molar-refractivity contribution is -0.129. The Morgan fingerprint density at radius 1 is 1.31 bits per heavy atom. The van der Waals surface area contributed by atoms with Gasteiger partial charge in [0, 0.05) is 50.1 Å². The highest BCUT2D eigenvalue weighted by Gasteiger charge is 2.21. The van der Waals surface area contributed by atoms with Crippen LogP contribution in [0, 0.1) is 0 Å². The van der Waals surface area contributed by atoms with E-state index in [0.717, 1.165) is 25.9 Å². The first kappa shape index (κ1) is 19.1. The second-order valence-corrected chi connectivity index (χ2v) is 7.31. The van der Waals surface area contributed by atoms with Gasteiger partial charge in [-0.1, -0.05) is 11.6 Å². The molecule has 150 valence electrons. The maximum atomic E-state index is 11.5. The van der Waals surface area contributed by atoms with E-state index in [1.165, 1.54) is 6.07 Å². The van der Waals surface area contributed by atoms with Crippen molar-refractivity contribution in [2.75, 3.05) is 18.4 Å². The first-order valence-electron chi connectivity index (χ1n) is 9.28. The van der Waals surface area contributed by atoms with Crippen LogP contribution in [0.2, 0.25) is 5.02 Å². The fraction of sp³-hybridized carbons (Fsp3) is 0.316. The summed E-state index contributed by atoms with van der Waals surface area (Å²) in [5.41, 5.74) is 1.70. The number of rotatable bonds is 4. The molecule has 0 bridgehead atoms. The maximum Gasteiger partial charge on any atom is 0.250 e. The molecule has 0 radical (unpaired) electrons. The Kier molecular flexibility index (Phi) is 5.30. The van der Waals surface area contributed by atoms with Crippen molar-refractivity contribution in [2.45, 2.75) is 25.8 Å². The normalized spacial score (nSPS) is 14.8. The predicted molar refractivity (Wildman–Crippen MR) is 109 cm³/mol. The lowest BCUT2D eigenvalue weighted by Crippen LogP contribution is -2.41. The van der Waals surface area contributed by atoms with Gasteiger partial charge in [-0.05, 0) is 18.9 Å². The maximum absolute atomic E-state index is 11.5. The standard InChI is InChI=1S/C19H20ClN7O2/c1-12(28)26-6-3-14(4-7-26)24-19-22-10-16(20)18(25-19)13-9-23-27(11-13)15-2-5-21-17(29)8-15/h2,5,8-11,14H,3-4,6-7H2,1H3,(H,21,29)(H,22,24,25). The third-order valence-corrected chi connectivity index (χ3v) is 5.17. The molecule has 0 atom stereocenters. The van der Waals surface area contributed by atoms with Crippen LogP contribution in [0.5, 0.6) is 0 Å². The van der Waals surface area contributed by atoms with Crippen molar-refractivity contribution in [3.05, 3.63) is 52.3 Å². The van der Waals surface area contributed by atoms with Gasteiger partial charge in [-0.3, -0.25) is 9.59 Å². The smallest absolute Gasteiger partial charge is 0.250 e. The highest BCUT2D eigenvalue weighted by atomic mass is 35.5. The van der Waals surface area contributed by atoms with Crippen molar-refractivity contribution in [3.63, 3.8) is 0 Å². The van der Waals surface area contributed by atoms with Gasteiger partial charge < -0.3 is 15.2 Å². The van der Waals surface area contributed by atoms with E-state index >= 15 is 0 Å². The molecule has 4 heterocycles. The third-order valence-electron chi connectivity index (χ3n) is 4.90. The second kappa shape index (κ2) is 8.04. The number of nitrogens with zero attached hydrogens (tertiary/aromatic N) is 5. The van der Waals surface area contributed by atoms with Crippen molar-refractivity contribution in [1.82, 2.24) is 29.6 Å². The molecule has 10 heteroatoms. The lowest BCUT2D eigenvalue weighted by atomic mass is 10.1. The molecular formula is C19H20ClN7O2. The van der Waals surface area contributed by atoms with Gasteiger partial charge in [-0.2, -0.15) is 5.10 Å². The zero-order chi connectivity index (χ0) is 20.4. The van der Waals surface area contributed by atoms with Crippen LogP contribution < -0.4 is 10.9 Å². The summed E-state index contributed by atoms with van der Waals surface area (Å²) in [5, 5.41) is 8.04. The summed E-state index contributed by atoms with van der Waals surface area (Å²) in [5.74, 6) is 0.584. The number of aromatic nitrogens is 5.